The standard InChI is InChI=1S/C25H34O2.C20H32O.C19H26O/c1-3-5-8-14-21-16-22(15-9-6-4-2)24(23(17-21)19-25(26)27)18-20-12-10-7-11-13-20;1-4-6-8-10-18-14-19(11-9-7-5-2)16-20(15-18)13-12-17(3)21;1-4-6-8-10-17-13-18(11-9-7-5-2)15-19(14-17)12-16(3)20/h7,10-13,16-17H,3-6,8-9,14-15,18-19H2,1-2H3,(H,26,27);14-16H,4-13H2,1-3H3;8-11,13-15H,4-7,12H2,1-3H3/b;;10-8+,11-9+. The smallest absolute Gasteiger partial charge is 0.307 e. The van der Waals surface area contributed by atoms with E-state index in [0.717, 1.165) is 62.5 Å². The minimum atomic E-state index is -0.741. The first kappa shape index (κ1) is 59.3. The molecule has 1 N–H and O–H groups in total. The van der Waals surface area contributed by atoms with Gasteiger partial charge in [-0.15, -0.1) is 0 Å². The molecular weight excluding hydrogens is 833 g/mol. The molecule has 0 radical (unpaired) electrons. The summed E-state index contributed by atoms with van der Waals surface area (Å²) in [4.78, 5) is 34.0. The average Bonchev–Trinajstić information content (AvgIpc) is 3.30. The minimum Gasteiger partial charge on any atom is -0.481 e. The molecule has 0 aliphatic rings. The third-order valence-corrected chi connectivity index (χ3v) is 12.2. The fourth-order valence-corrected chi connectivity index (χ4v) is 8.58. The van der Waals surface area contributed by atoms with Crippen molar-refractivity contribution in [1.82, 2.24) is 0 Å². The Morgan fingerprint density at radius 2 is 0.897 bits per heavy atom. The van der Waals surface area contributed by atoms with Crippen LogP contribution in [-0.2, 0) is 65.8 Å². The number of hydrogen-bond acceptors (Lipinski definition) is 3. The van der Waals surface area contributed by atoms with E-state index in [4.69, 9.17) is 0 Å². The number of rotatable bonds is 31. The Hall–Kier alpha value is -4.83. The zero-order valence-corrected chi connectivity index (χ0v) is 44.2. The molecule has 0 bridgehead atoms. The second-order valence-electron chi connectivity index (χ2n) is 19.1. The Morgan fingerprint density at radius 3 is 1.34 bits per heavy atom. The predicted molar refractivity (Wildman–Crippen MR) is 294 cm³/mol. The van der Waals surface area contributed by atoms with E-state index in [1.165, 1.54) is 140 Å². The molecule has 0 amide bonds. The summed E-state index contributed by atoms with van der Waals surface area (Å²) in [5.74, 6) is -0.239. The van der Waals surface area contributed by atoms with E-state index in [1.807, 2.05) is 6.07 Å². The number of unbranched alkanes of at least 4 members (excludes halogenated alkanes) is 10. The summed E-state index contributed by atoms with van der Waals surface area (Å²) in [5.41, 5.74) is 13.9. The summed E-state index contributed by atoms with van der Waals surface area (Å²) in [6.45, 7) is 16.6. The van der Waals surface area contributed by atoms with Crippen LogP contribution < -0.4 is 0 Å². The highest BCUT2D eigenvalue weighted by molar-refractivity contribution is 5.79. The number of allylic oxidation sites excluding steroid dienone is 2. The monoisotopic (exact) mass is 925 g/mol. The van der Waals surface area contributed by atoms with Crippen molar-refractivity contribution in [3.8, 4) is 0 Å². The summed E-state index contributed by atoms with van der Waals surface area (Å²) in [5, 5.41) is 9.47. The van der Waals surface area contributed by atoms with Gasteiger partial charge in [-0.1, -0.05) is 203 Å². The van der Waals surface area contributed by atoms with E-state index < -0.39 is 5.97 Å². The molecule has 68 heavy (non-hydrogen) atoms. The predicted octanol–water partition coefficient (Wildman–Crippen LogP) is 17.5. The fraction of sp³-hybridized carbons (Fsp3) is 0.516. The number of ketones is 2. The lowest BCUT2D eigenvalue weighted by atomic mass is 9.88. The highest BCUT2D eigenvalue weighted by atomic mass is 16.4. The van der Waals surface area contributed by atoms with Crippen molar-refractivity contribution in [3.63, 3.8) is 0 Å². The van der Waals surface area contributed by atoms with Crippen molar-refractivity contribution in [3.05, 3.63) is 152 Å². The molecule has 0 aliphatic heterocycles. The Morgan fingerprint density at radius 1 is 0.441 bits per heavy atom. The van der Waals surface area contributed by atoms with Gasteiger partial charge in [-0.2, -0.15) is 0 Å². The third-order valence-electron chi connectivity index (χ3n) is 12.2. The lowest BCUT2D eigenvalue weighted by Gasteiger charge is -2.17. The molecule has 0 saturated heterocycles. The number of aryl methyl sites for hydroxylation is 5. The number of benzene rings is 4. The number of carbonyl (C=O) groups excluding carboxylic acids is 2. The lowest BCUT2D eigenvalue weighted by molar-refractivity contribution is -0.136. The highest BCUT2D eigenvalue weighted by Crippen LogP contribution is 2.26. The molecule has 372 valence electrons. The van der Waals surface area contributed by atoms with E-state index in [1.54, 1.807) is 13.8 Å². The molecule has 0 fully saturated rings. The topological polar surface area (TPSA) is 71.4 Å². The van der Waals surface area contributed by atoms with Crippen molar-refractivity contribution in [2.24, 2.45) is 0 Å². The molecule has 0 unspecified atom stereocenters. The average molecular weight is 925 g/mol. The normalized spacial score (nSPS) is 11.1. The molecule has 4 heteroatoms. The second-order valence-corrected chi connectivity index (χ2v) is 19.1. The van der Waals surface area contributed by atoms with E-state index in [2.05, 4.69) is 139 Å². The van der Waals surface area contributed by atoms with Crippen molar-refractivity contribution in [1.29, 1.82) is 0 Å². The van der Waals surface area contributed by atoms with E-state index in [0.29, 0.717) is 18.6 Å². The molecule has 0 saturated carbocycles. The zero-order valence-electron chi connectivity index (χ0n) is 44.2. The fourth-order valence-electron chi connectivity index (χ4n) is 8.58. The van der Waals surface area contributed by atoms with Gasteiger partial charge in [0.1, 0.15) is 11.6 Å². The summed E-state index contributed by atoms with van der Waals surface area (Å²) in [7, 11) is 0. The van der Waals surface area contributed by atoms with Crippen LogP contribution >= 0.6 is 0 Å². The van der Waals surface area contributed by atoms with Crippen LogP contribution in [0.15, 0.2) is 91.0 Å². The van der Waals surface area contributed by atoms with Crippen LogP contribution in [0.3, 0.4) is 0 Å². The van der Waals surface area contributed by atoms with E-state index >= 15 is 0 Å². The summed E-state index contributed by atoms with van der Waals surface area (Å²) >= 11 is 0. The molecule has 0 aliphatic carbocycles. The van der Waals surface area contributed by atoms with Gasteiger partial charge >= 0.3 is 5.97 Å². The van der Waals surface area contributed by atoms with Gasteiger partial charge in [0, 0.05) is 12.8 Å². The molecule has 4 rings (SSSR count). The first-order valence-electron chi connectivity index (χ1n) is 26.9. The largest absolute Gasteiger partial charge is 0.481 e. The molecule has 0 spiro atoms. The van der Waals surface area contributed by atoms with Gasteiger partial charge < -0.3 is 9.90 Å². The number of Topliss-reactive ketones (excluding diaryl/α,β-unsaturated/α-hetero) is 2. The maximum atomic E-state index is 11.5. The van der Waals surface area contributed by atoms with Crippen LogP contribution in [0.4, 0.5) is 0 Å². The van der Waals surface area contributed by atoms with E-state index in [-0.39, 0.29) is 12.2 Å². The Bertz CT molecular complexity index is 2010. The van der Waals surface area contributed by atoms with Crippen molar-refractivity contribution in [2.75, 3.05) is 0 Å². The van der Waals surface area contributed by atoms with Crippen molar-refractivity contribution < 1.29 is 19.5 Å². The minimum absolute atomic E-state index is 0.116. The molecule has 4 nitrogen and oxygen atoms in total. The lowest BCUT2D eigenvalue weighted by Crippen LogP contribution is -2.09. The van der Waals surface area contributed by atoms with Crippen LogP contribution in [0.5, 0.6) is 0 Å². The van der Waals surface area contributed by atoms with Gasteiger partial charge in [-0.3, -0.25) is 9.59 Å². The molecule has 0 aromatic heterocycles. The molecule has 4 aromatic carbocycles. The van der Waals surface area contributed by atoms with Gasteiger partial charge in [0.05, 0.1) is 6.42 Å². The quantitative estimate of drug-likeness (QED) is 0.0511. The van der Waals surface area contributed by atoms with Gasteiger partial charge in [0.15, 0.2) is 0 Å². The summed E-state index contributed by atoms with van der Waals surface area (Å²) < 4.78 is 0. The van der Waals surface area contributed by atoms with Crippen LogP contribution in [-0.4, -0.2) is 22.6 Å². The SMILES string of the molecule is CCC/C=C/c1cc(/C=C/CCC)cc(CC(C)=O)c1.CCCCCc1cc(CCCCC)c(Cc2ccccc2)c(CC(=O)O)c1.CCCCCc1cc(CCCCC)cc(CCC(C)=O)c1. The van der Waals surface area contributed by atoms with Crippen molar-refractivity contribution in [2.45, 2.75) is 216 Å². The first-order chi connectivity index (χ1) is 32.9. The number of carbonyl (C=O) groups is 3. The Labute approximate surface area is 415 Å². The van der Waals surface area contributed by atoms with E-state index in [9.17, 15) is 19.5 Å². The molecule has 4 aromatic rings. The van der Waals surface area contributed by atoms with Gasteiger partial charge in [0.2, 0.25) is 0 Å². The molecular formula is C64H92O4. The summed E-state index contributed by atoms with van der Waals surface area (Å²) in [6, 6.07) is 28.4. The van der Waals surface area contributed by atoms with Gasteiger partial charge in [0.25, 0.3) is 0 Å². The number of aliphatic carboxylic acids is 1. The third kappa shape index (κ3) is 27.2. The number of carboxylic acid groups (broad SMARTS) is 1. The summed E-state index contributed by atoms with van der Waals surface area (Å²) in [6.07, 6.45) is 35.6. The first-order valence-corrected chi connectivity index (χ1v) is 26.9. The van der Waals surface area contributed by atoms with Crippen molar-refractivity contribution >= 4 is 29.7 Å². The van der Waals surface area contributed by atoms with Crippen LogP contribution in [0.1, 0.15) is 226 Å². The van der Waals surface area contributed by atoms with Crippen LogP contribution in [0.2, 0.25) is 0 Å². The number of hydrogen-bond donors (Lipinski definition) is 1. The Kier molecular flexibility index (Phi) is 32.4. The molecule has 0 atom stereocenters. The second kappa shape index (κ2) is 37.1. The maximum Gasteiger partial charge on any atom is 0.307 e. The van der Waals surface area contributed by atoms with Gasteiger partial charge in [-0.05, 0) is 158 Å². The highest BCUT2D eigenvalue weighted by Gasteiger charge is 2.15. The van der Waals surface area contributed by atoms with Crippen LogP contribution in [0, 0.1) is 0 Å². The maximum absolute atomic E-state index is 11.5. The van der Waals surface area contributed by atoms with Crippen LogP contribution in [0.25, 0.3) is 12.2 Å². The Balaban J connectivity index is 0.000000356. The number of carboxylic acids is 1. The zero-order chi connectivity index (χ0) is 49.8. The van der Waals surface area contributed by atoms with Gasteiger partial charge in [-0.25, -0.2) is 0 Å². The molecule has 0 heterocycles.